The summed E-state index contributed by atoms with van der Waals surface area (Å²) in [6.07, 6.45) is 3.92. The number of hydrogen-bond acceptors (Lipinski definition) is 3. The number of fused-ring (bicyclic) bond motifs is 1. The molecule has 0 radical (unpaired) electrons. The van der Waals surface area contributed by atoms with E-state index in [1.807, 2.05) is 42.1 Å². The van der Waals surface area contributed by atoms with Gasteiger partial charge >= 0.3 is 5.97 Å². The number of benzene rings is 1. The van der Waals surface area contributed by atoms with Crippen molar-refractivity contribution >= 4 is 5.97 Å². The Morgan fingerprint density at radius 2 is 2.19 bits per heavy atom. The molecule has 1 aliphatic rings. The second-order valence-electron chi connectivity index (χ2n) is 5.25. The fraction of sp³-hybridized carbons (Fsp3) is 0.375. The topological polar surface area (TPSA) is 64.4 Å². The van der Waals surface area contributed by atoms with Crippen LogP contribution in [-0.2, 0) is 17.6 Å². The van der Waals surface area contributed by atoms with Crippen LogP contribution in [0.2, 0.25) is 0 Å². The summed E-state index contributed by atoms with van der Waals surface area (Å²) in [4.78, 5) is 11.1. The Hall–Kier alpha value is -2.30. The zero-order valence-electron chi connectivity index (χ0n) is 12.0. The Kier molecular flexibility index (Phi) is 3.64. The zero-order chi connectivity index (χ0) is 14.8. The molecule has 0 amide bonds. The number of carboxylic acid groups (broad SMARTS) is 1. The van der Waals surface area contributed by atoms with Gasteiger partial charge in [0.25, 0.3) is 0 Å². The summed E-state index contributed by atoms with van der Waals surface area (Å²) in [6, 6.07) is 7.75. The van der Waals surface area contributed by atoms with Gasteiger partial charge in [-0.05, 0) is 56.0 Å². The number of aliphatic carboxylic acids is 1. The lowest BCUT2D eigenvalue weighted by Gasteiger charge is -2.16. The predicted molar refractivity (Wildman–Crippen MR) is 77.9 cm³/mol. The van der Waals surface area contributed by atoms with Crippen molar-refractivity contribution in [3.63, 3.8) is 0 Å². The number of ether oxygens (including phenoxy) is 1. The lowest BCUT2D eigenvalue weighted by atomic mass is 9.88. The highest BCUT2D eigenvalue weighted by molar-refractivity contribution is 5.70. The maximum atomic E-state index is 11.1. The first-order valence-corrected chi connectivity index (χ1v) is 7.21. The van der Waals surface area contributed by atoms with Gasteiger partial charge in [-0.3, -0.25) is 4.79 Å². The average molecular weight is 286 g/mol. The van der Waals surface area contributed by atoms with Crippen LogP contribution < -0.4 is 4.74 Å². The molecule has 3 rings (SSSR count). The van der Waals surface area contributed by atoms with Gasteiger partial charge in [-0.2, -0.15) is 5.10 Å². The Bertz CT molecular complexity index is 646. The number of carboxylic acids is 1. The van der Waals surface area contributed by atoms with Crippen molar-refractivity contribution in [2.75, 3.05) is 6.61 Å². The quantitative estimate of drug-likeness (QED) is 0.937. The van der Waals surface area contributed by atoms with Crippen molar-refractivity contribution < 1.29 is 14.6 Å². The van der Waals surface area contributed by atoms with Crippen molar-refractivity contribution in [2.45, 2.75) is 26.2 Å². The molecule has 2 aromatic rings. The number of aryl methyl sites for hydroxylation is 1. The summed E-state index contributed by atoms with van der Waals surface area (Å²) >= 11 is 0. The summed E-state index contributed by atoms with van der Waals surface area (Å²) in [5.74, 6) is -0.158. The number of nitrogens with zero attached hydrogens (tertiary/aromatic N) is 2. The second-order valence-corrected chi connectivity index (χ2v) is 5.25. The SMILES string of the molecule is CCOc1ccc(-n2cc3c(n2)CCC(C(=O)O)C3)cc1. The molecule has 1 aromatic heterocycles. The molecular weight excluding hydrogens is 268 g/mol. The standard InChI is InChI=1S/C16H18N2O3/c1-2-21-14-6-4-13(5-7-14)18-10-12-9-11(16(19)20)3-8-15(12)17-18/h4-7,10-11H,2-3,8-9H2,1H3,(H,19,20). The minimum Gasteiger partial charge on any atom is -0.494 e. The first kappa shape index (κ1) is 13.7. The summed E-state index contributed by atoms with van der Waals surface area (Å²) in [5, 5.41) is 13.7. The second kappa shape index (κ2) is 5.60. The molecule has 0 bridgehead atoms. The molecule has 0 fully saturated rings. The normalized spacial score (nSPS) is 17.3. The highest BCUT2D eigenvalue weighted by atomic mass is 16.5. The summed E-state index contributed by atoms with van der Waals surface area (Å²) < 4.78 is 7.25. The Balaban J connectivity index is 1.83. The number of hydrogen-bond donors (Lipinski definition) is 1. The van der Waals surface area contributed by atoms with Gasteiger partial charge in [-0.15, -0.1) is 0 Å². The van der Waals surface area contributed by atoms with Gasteiger partial charge in [0.15, 0.2) is 0 Å². The van der Waals surface area contributed by atoms with Crippen molar-refractivity contribution in [2.24, 2.45) is 5.92 Å². The Labute approximate surface area is 123 Å². The fourth-order valence-electron chi connectivity index (χ4n) is 2.71. The highest BCUT2D eigenvalue weighted by Gasteiger charge is 2.26. The molecule has 1 atom stereocenters. The van der Waals surface area contributed by atoms with Crippen LogP contribution in [0.1, 0.15) is 24.6 Å². The molecule has 1 aromatic carbocycles. The fourth-order valence-corrected chi connectivity index (χ4v) is 2.71. The first-order valence-electron chi connectivity index (χ1n) is 7.21. The third-order valence-electron chi connectivity index (χ3n) is 3.83. The molecular formula is C16H18N2O3. The molecule has 21 heavy (non-hydrogen) atoms. The van der Waals surface area contributed by atoms with Crippen LogP contribution in [0.25, 0.3) is 5.69 Å². The van der Waals surface area contributed by atoms with E-state index in [1.165, 1.54) is 0 Å². The van der Waals surface area contributed by atoms with Gasteiger partial charge in [-0.1, -0.05) is 0 Å². The molecule has 0 saturated carbocycles. The molecule has 0 aliphatic heterocycles. The van der Waals surface area contributed by atoms with Gasteiger partial charge in [0, 0.05) is 6.20 Å². The van der Waals surface area contributed by atoms with Gasteiger partial charge in [0.2, 0.25) is 0 Å². The monoisotopic (exact) mass is 286 g/mol. The minimum absolute atomic E-state index is 0.282. The van der Waals surface area contributed by atoms with Crippen molar-refractivity contribution in [1.29, 1.82) is 0 Å². The van der Waals surface area contributed by atoms with Crippen molar-refractivity contribution in [3.8, 4) is 11.4 Å². The van der Waals surface area contributed by atoms with Crippen LogP contribution in [0.15, 0.2) is 30.5 Å². The third-order valence-corrected chi connectivity index (χ3v) is 3.83. The van der Waals surface area contributed by atoms with E-state index in [0.717, 1.165) is 29.1 Å². The smallest absolute Gasteiger partial charge is 0.306 e. The predicted octanol–water partition coefficient (Wildman–Crippen LogP) is 2.46. The maximum absolute atomic E-state index is 11.1. The molecule has 1 unspecified atom stereocenters. The van der Waals surface area contributed by atoms with Crippen LogP contribution in [0, 0.1) is 5.92 Å². The molecule has 5 nitrogen and oxygen atoms in total. The highest BCUT2D eigenvalue weighted by Crippen LogP contribution is 2.26. The maximum Gasteiger partial charge on any atom is 0.306 e. The van der Waals surface area contributed by atoms with E-state index in [0.29, 0.717) is 19.4 Å². The molecule has 1 N–H and O–H groups in total. The minimum atomic E-state index is -0.713. The van der Waals surface area contributed by atoms with E-state index in [-0.39, 0.29) is 5.92 Å². The molecule has 0 spiro atoms. The third kappa shape index (κ3) is 2.77. The van der Waals surface area contributed by atoms with Gasteiger partial charge < -0.3 is 9.84 Å². The van der Waals surface area contributed by atoms with E-state index in [1.54, 1.807) is 0 Å². The molecule has 5 heteroatoms. The Morgan fingerprint density at radius 1 is 1.43 bits per heavy atom. The van der Waals surface area contributed by atoms with E-state index >= 15 is 0 Å². The molecule has 1 heterocycles. The van der Waals surface area contributed by atoms with E-state index in [4.69, 9.17) is 9.84 Å². The van der Waals surface area contributed by atoms with Crippen molar-refractivity contribution in [1.82, 2.24) is 9.78 Å². The molecule has 0 saturated heterocycles. The zero-order valence-corrected chi connectivity index (χ0v) is 12.0. The van der Waals surface area contributed by atoms with Gasteiger partial charge in [0.1, 0.15) is 5.75 Å². The van der Waals surface area contributed by atoms with Crippen LogP contribution >= 0.6 is 0 Å². The van der Waals surface area contributed by atoms with Crippen molar-refractivity contribution in [3.05, 3.63) is 41.7 Å². The summed E-state index contributed by atoms with van der Waals surface area (Å²) in [5.41, 5.74) is 3.02. The number of carbonyl (C=O) groups is 1. The van der Waals surface area contributed by atoms with Gasteiger partial charge in [-0.25, -0.2) is 4.68 Å². The lowest BCUT2D eigenvalue weighted by Crippen LogP contribution is -2.21. The summed E-state index contributed by atoms with van der Waals surface area (Å²) in [7, 11) is 0. The van der Waals surface area contributed by atoms with Crippen LogP contribution in [0.5, 0.6) is 5.75 Å². The largest absolute Gasteiger partial charge is 0.494 e. The van der Waals surface area contributed by atoms with Crippen LogP contribution in [0.4, 0.5) is 0 Å². The molecule has 110 valence electrons. The van der Waals surface area contributed by atoms with E-state index in [2.05, 4.69) is 5.10 Å². The van der Waals surface area contributed by atoms with Gasteiger partial charge in [0.05, 0.1) is 23.9 Å². The Morgan fingerprint density at radius 3 is 2.86 bits per heavy atom. The number of aromatic nitrogens is 2. The van der Waals surface area contributed by atoms with Crippen LogP contribution in [-0.4, -0.2) is 27.5 Å². The number of rotatable bonds is 4. The lowest BCUT2D eigenvalue weighted by molar-refractivity contribution is -0.142. The summed E-state index contributed by atoms with van der Waals surface area (Å²) in [6.45, 7) is 2.60. The molecule has 1 aliphatic carbocycles. The van der Waals surface area contributed by atoms with Crippen LogP contribution in [0.3, 0.4) is 0 Å². The van der Waals surface area contributed by atoms with E-state index in [9.17, 15) is 4.79 Å². The average Bonchev–Trinajstić information content (AvgIpc) is 2.91. The first-order chi connectivity index (χ1) is 10.2. The van der Waals surface area contributed by atoms with E-state index < -0.39 is 5.97 Å².